The minimum atomic E-state index is -3.84. The molecule has 0 radical (unpaired) electrons. The van der Waals surface area contributed by atoms with Crippen LogP contribution in [0.25, 0.3) is 0 Å². The van der Waals surface area contributed by atoms with E-state index < -0.39 is 22.0 Å². The molecule has 0 fully saturated rings. The van der Waals surface area contributed by atoms with Crippen LogP contribution in [0.1, 0.15) is 12.0 Å². The molecule has 1 aromatic rings. The molecule has 0 bridgehead atoms. The number of rotatable bonds is 4. The van der Waals surface area contributed by atoms with E-state index in [9.17, 15) is 13.2 Å². The van der Waals surface area contributed by atoms with Gasteiger partial charge in [-0.1, -0.05) is 6.07 Å². The first-order chi connectivity index (χ1) is 8.77. The van der Waals surface area contributed by atoms with Gasteiger partial charge in [0, 0.05) is 12.1 Å². The minimum Gasteiger partial charge on any atom is -0.324 e. The number of carbonyl (C=O) groups is 1. The van der Waals surface area contributed by atoms with E-state index >= 15 is 0 Å². The molecule has 1 amide bonds. The molecule has 0 saturated carbocycles. The van der Waals surface area contributed by atoms with Crippen LogP contribution in [-0.2, 0) is 14.8 Å². The second kappa shape index (κ2) is 5.84. The maximum atomic E-state index is 11.7. The minimum absolute atomic E-state index is 0.0455. The molecule has 7 heteroatoms. The number of benzene rings is 1. The number of hydrogen-bond acceptors (Lipinski definition) is 4. The van der Waals surface area contributed by atoms with Gasteiger partial charge in [0.05, 0.1) is 10.9 Å². The summed E-state index contributed by atoms with van der Waals surface area (Å²) in [5.74, 6) is 1.80. The Bertz CT molecular complexity index is 632. The molecule has 1 aromatic carbocycles. The van der Waals surface area contributed by atoms with E-state index in [1.807, 2.05) is 0 Å². The van der Waals surface area contributed by atoms with E-state index in [1.165, 1.54) is 12.1 Å². The lowest BCUT2D eigenvalue weighted by molar-refractivity contribution is -0.117. The number of hydrogen-bond donors (Lipinski definition) is 3. The van der Waals surface area contributed by atoms with E-state index in [0.717, 1.165) is 0 Å². The Kier molecular flexibility index (Phi) is 4.67. The Morgan fingerprint density at radius 2 is 2.16 bits per heavy atom. The summed E-state index contributed by atoms with van der Waals surface area (Å²) in [7, 11) is -3.84. The Morgan fingerprint density at radius 1 is 1.53 bits per heavy atom. The Morgan fingerprint density at radius 3 is 2.68 bits per heavy atom. The molecule has 0 spiro atoms. The van der Waals surface area contributed by atoms with Crippen molar-refractivity contribution in [3.63, 3.8) is 0 Å². The molecule has 0 aliphatic heterocycles. The predicted octanol–water partition coefficient (Wildman–Crippen LogP) is -0.0685. The molecule has 1 rings (SSSR count). The van der Waals surface area contributed by atoms with Crippen LogP contribution in [-0.4, -0.2) is 20.4 Å². The standard InChI is InChI=1S/C12H15N3O3S/c1-3-5-9(13)12(16)15-10-6-4-7-11(8(10)2)19(14,17)18/h1,4,6-7,9H,5,13H2,2H3,(H,15,16)(H2,14,17,18). The lowest BCUT2D eigenvalue weighted by Gasteiger charge is -2.13. The number of sulfonamides is 1. The zero-order valence-corrected chi connectivity index (χ0v) is 11.2. The van der Waals surface area contributed by atoms with Crippen LogP contribution in [0.3, 0.4) is 0 Å². The third-order valence-electron chi connectivity index (χ3n) is 2.52. The van der Waals surface area contributed by atoms with Crippen molar-refractivity contribution in [2.24, 2.45) is 10.9 Å². The third-order valence-corrected chi connectivity index (χ3v) is 3.58. The highest BCUT2D eigenvalue weighted by atomic mass is 32.2. The van der Waals surface area contributed by atoms with E-state index in [0.29, 0.717) is 11.3 Å². The number of terminal acetylenes is 1. The zero-order valence-electron chi connectivity index (χ0n) is 10.4. The zero-order chi connectivity index (χ0) is 14.6. The summed E-state index contributed by atoms with van der Waals surface area (Å²) < 4.78 is 22.7. The fourth-order valence-electron chi connectivity index (χ4n) is 1.50. The molecule has 0 heterocycles. The molecule has 0 aromatic heterocycles. The van der Waals surface area contributed by atoms with Crippen molar-refractivity contribution >= 4 is 21.6 Å². The molecule has 6 nitrogen and oxygen atoms in total. The fraction of sp³-hybridized carbons (Fsp3) is 0.250. The van der Waals surface area contributed by atoms with Crippen molar-refractivity contribution in [1.82, 2.24) is 0 Å². The quantitative estimate of drug-likeness (QED) is 0.670. The first-order valence-electron chi connectivity index (χ1n) is 5.39. The van der Waals surface area contributed by atoms with E-state index in [1.54, 1.807) is 13.0 Å². The SMILES string of the molecule is C#CCC(N)C(=O)Nc1cccc(S(N)(=O)=O)c1C. The number of primary sulfonamides is 1. The summed E-state index contributed by atoms with van der Waals surface area (Å²) in [5.41, 5.74) is 6.24. The second-order valence-corrected chi connectivity index (χ2v) is 5.51. The van der Waals surface area contributed by atoms with Gasteiger partial charge < -0.3 is 11.1 Å². The Labute approximate surface area is 112 Å². The number of nitrogens with one attached hydrogen (secondary N) is 1. The van der Waals surface area contributed by atoms with Gasteiger partial charge in [0.1, 0.15) is 0 Å². The lowest BCUT2D eigenvalue weighted by atomic mass is 10.1. The first kappa shape index (κ1) is 15.2. The lowest BCUT2D eigenvalue weighted by Crippen LogP contribution is -2.35. The molecular weight excluding hydrogens is 266 g/mol. The van der Waals surface area contributed by atoms with Gasteiger partial charge in [0.2, 0.25) is 15.9 Å². The first-order valence-corrected chi connectivity index (χ1v) is 6.94. The maximum Gasteiger partial charge on any atom is 0.242 e. The average Bonchev–Trinajstić information content (AvgIpc) is 2.30. The third kappa shape index (κ3) is 3.79. The molecule has 5 N–H and O–H groups in total. The van der Waals surface area contributed by atoms with Gasteiger partial charge in [-0.05, 0) is 24.6 Å². The second-order valence-electron chi connectivity index (χ2n) is 3.98. The van der Waals surface area contributed by atoms with Gasteiger partial charge in [-0.15, -0.1) is 12.3 Å². The largest absolute Gasteiger partial charge is 0.324 e. The molecule has 0 aliphatic rings. The summed E-state index contributed by atoms with van der Waals surface area (Å²) in [4.78, 5) is 11.7. The number of nitrogens with two attached hydrogens (primary N) is 2. The van der Waals surface area contributed by atoms with Gasteiger partial charge in [-0.25, -0.2) is 13.6 Å². The topological polar surface area (TPSA) is 115 Å². The highest BCUT2D eigenvalue weighted by Crippen LogP contribution is 2.22. The summed E-state index contributed by atoms with van der Waals surface area (Å²) in [6.07, 6.45) is 5.16. The molecule has 19 heavy (non-hydrogen) atoms. The van der Waals surface area contributed by atoms with Gasteiger partial charge in [-0.2, -0.15) is 0 Å². The summed E-state index contributed by atoms with van der Waals surface area (Å²) in [6.45, 7) is 1.54. The van der Waals surface area contributed by atoms with Gasteiger partial charge in [0.25, 0.3) is 0 Å². The molecule has 102 valence electrons. The highest BCUT2D eigenvalue weighted by Gasteiger charge is 2.17. The van der Waals surface area contributed by atoms with Crippen molar-refractivity contribution in [2.75, 3.05) is 5.32 Å². The maximum absolute atomic E-state index is 11.7. The van der Waals surface area contributed by atoms with Crippen LogP contribution < -0.4 is 16.2 Å². The predicted molar refractivity (Wildman–Crippen MR) is 72.6 cm³/mol. The van der Waals surface area contributed by atoms with Crippen molar-refractivity contribution in [2.45, 2.75) is 24.3 Å². The molecular formula is C12H15N3O3S. The summed E-state index contributed by atoms with van der Waals surface area (Å²) >= 11 is 0. The number of carbonyl (C=O) groups excluding carboxylic acids is 1. The van der Waals surface area contributed by atoms with Crippen molar-refractivity contribution in [3.8, 4) is 12.3 Å². The molecule has 1 unspecified atom stereocenters. The van der Waals surface area contributed by atoms with E-state index in [-0.39, 0.29) is 11.3 Å². The Hall–Kier alpha value is -1.88. The highest BCUT2D eigenvalue weighted by molar-refractivity contribution is 7.89. The summed E-state index contributed by atoms with van der Waals surface area (Å²) in [5, 5.41) is 7.60. The van der Waals surface area contributed by atoms with Crippen LogP contribution in [0, 0.1) is 19.3 Å². The Balaban J connectivity index is 3.05. The van der Waals surface area contributed by atoms with E-state index in [4.69, 9.17) is 17.3 Å². The normalized spacial score (nSPS) is 12.5. The molecule has 0 aliphatic carbocycles. The summed E-state index contributed by atoms with van der Waals surface area (Å²) in [6, 6.07) is 3.56. The van der Waals surface area contributed by atoms with Gasteiger partial charge >= 0.3 is 0 Å². The van der Waals surface area contributed by atoms with Crippen molar-refractivity contribution in [1.29, 1.82) is 0 Å². The van der Waals surface area contributed by atoms with Crippen LogP contribution in [0.15, 0.2) is 23.1 Å². The van der Waals surface area contributed by atoms with Gasteiger partial charge in [-0.3, -0.25) is 4.79 Å². The average molecular weight is 281 g/mol. The smallest absolute Gasteiger partial charge is 0.242 e. The molecule has 1 atom stereocenters. The van der Waals surface area contributed by atoms with Crippen LogP contribution >= 0.6 is 0 Å². The van der Waals surface area contributed by atoms with E-state index in [2.05, 4.69) is 11.2 Å². The number of anilines is 1. The van der Waals surface area contributed by atoms with Crippen LogP contribution in [0.5, 0.6) is 0 Å². The number of amides is 1. The van der Waals surface area contributed by atoms with Crippen molar-refractivity contribution < 1.29 is 13.2 Å². The van der Waals surface area contributed by atoms with Gasteiger partial charge in [0.15, 0.2) is 0 Å². The fourth-order valence-corrected chi connectivity index (χ4v) is 2.31. The van der Waals surface area contributed by atoms with Crippen molar-refractivity contribution in [3.05, 3.63) is 23.8 Å². The van der Waals surface area contributed by atoms with Crippen LogP contribution in [0.2, 0.25) is 0 Å². The van der Waals surface area contributed by atoms with Crippen LogP contribution in [0.4, 0.5) is 5.69 Å². The monoisotopic (exact) mass is 281 g/mol. The molecule has 0 saturated heterocycles.